The Bertz CT molecular complexity index is 453. The van der Waals surface area contributed by atoms with Crippen molar-refractivity contribution < 1.29 is 17.9 Å². The minimum absolute atomic E-state index is 0.0569. The number of hydrogen-bond donors (Lipinski definition) is 0. The topological polar surface area (TPSA) is 30.3 Å². The molecule has 4 nitrogen and oxygen atoms in total. The van der Waals surface area contributed by atoms with E-state index in [1.165, 1.54) is 11.8 Å². The van der Waals surface area contributed by atoms with Crippen LogP contribution in [0.25, 0.3) is 0 Å². The fourth-order valence-corrected chi connectivity index (χ4v) is 2.90. The molecule has 1 aromatic rings. The summed E-state index contributed by atoms with van der Waals surface area (Å²) in [7, 11) is 3.35. The van der Waals surface area contributed by atoms with Gasteiger partial charge in [-0.15, -0.1) is 0 Å². The SMILES string of the molecule is COc1c(Br)c(C(F)(F)F)nn1C1CCN(C)CC1. The molecule has 0 atom stereocenters. The molecule has 1 aliphatic rings. The van der Waals surface area contributed by atoms with Crippen molar-refractivity contribution in [3.63, 3.8) is 0 Å². The molecule has 0 radical (unpaired) electrons. The first-order chi connectivity index (χ1) is 8.84. The molecular weight excluding hydrogens is 327 g/mol. The average Bonchev–Trinajstić information content (AvgIpc) is 2.67. The minimum atomic E-state index is -4.48. The molecule has 0 saturated carbocycles. The summed E-state index contributed by atoms with van der Waals surface area (Å²) in [5.74, 6) is 0.141. The third kappa shape index (κ3) is 2.89. The molecule has 1 fully saturated rings. The number of rotatable bonds is 2. The van der Waals surface area contributed by atoms with Gasteiger partial charge in [-0.25, -0.2) is 4.68 Å². The molecule has 0 N–H and O–H groups in total. The molecule has 0 spiro atoms. The van der Waals surface area contributed by atoms with Crippen LogP contribution >= 0.6 is 15.9 Å². The van der Waals surface area contributed by atoms with Crippen LogP contribution in [0.4, 0.5) is 13.2 Å². The quantitative estimate of drug-likeness (QED) is 0.828. The zero-order chi connectivity index (χ0) is 14.2. The molecule has 108 valence electrons. The molecule has 0 unspecified atom stereocenters. The summed E-state index contributed by atoms with van der Waals surface area (Å²) in [6.07, 6.45) is -2.96. The lowest BCUT2D eigenvalue weighted by Crippen LogP contribution is -2.32. The Labute approximate surface area is 117 Å². The number of ether oxygens (including phenoxy) is 1. The Morgan fingerprint density at radius 2 is 1.89 bits per heavy atom. The van der Waals surface area contributed by atoms with Crippen molar-refractivity contribution in [3.05, 3.63) is 10.2 Å². The molecule has 2 rings (SSSR count). The number of aromatic nitrogens is 2. The molecule has 1 aromatic heterocycles. The second-order valence-corrected chi connectivity index (χ2v) is 5.44. The predicted octanol–water partition coefficient (Wildman–Crippen LogP) is 2.94. The smallest absolute Gasteiger partial charge is 0.436 e. The van der Waals surface area contributed by atoms with Gasteiger partial charge in [-0.3, -0.25) is 0 Å². The van der Waals surface area contributed by atoms with E-state index in [1.807, 2.05) is 7.05 Å². The summed E-state index contributed by atoms with van der Waals surface area (Å²) >= 11 is 2.94. The molecule has 0 bridgehead atoms. The fourth-order valence-electron chi connectivity index (χ4n) is 2.25. The van der Waals surface area contributed by atoms with Crippen molar-refractivity contribution in [1.82, 2.24) is 14.7 Å². The largest absolute Gasteiger partial charge is 0.480 e. The lowest BCUT2D eigenvalue weighted by Gasteiger charge is -2.29. The zero-order valence-electron chi connectivity index (χ0n) is 10.7. The Morgan fingerprint density at radius 1 is 1.32 bits per heavy atom. The highest BCUT2D eigenvalue weighted by Crippen LogP contribution is 2.41. The maximum Gasteiger partial charge on any atom is 0.436 e. The molecular formula is C11H15BrF3N3O. The molecule has 0 aromatic carbocycles. The van der Waals surface area contributed by atoms with Gasteiger partial charge in [0.1, 0.15) is 4.47 Å². The first-order valence-electron chi connectivity index (χ1n) is 5.92. The van der Waals surface area contributed by atoms with Crippen LogP contribution in [-0.2, 0) is 6.18 Å². The van der Waals surface area contributed by atoms with Crippen molar-refractivity contribution in [3.8, 4) is 5.88 Å². The second-order valence-electron chi connectivity index (χ2n) is 4.65. The molecule has 2 heterocycles. The van der Waals surface area contributed by atoms with Crippen LogP contribution in [0.5, 0.6) is 5.88 Å². The van der Waals surface area contributed by atoms with E-state index in [1.54, 1.807) is 0 Å². The number of likely N-dealkylation sites (tertiary alicyclic amines) is 1. The maximum absolute atomic E-state index is 12.8. The highest BCUT2D eigenvalue weighted by atomic mass is 79.9. The Hall–Kier alpha value is -0.760. The number of hydrogen-bond acceptors (Lipinski definition) is 3. The summed E-state index contributed by atoms with van der Waals surface area (Å²) in [6, 6.07) is -0.0569. The van der Waals surface area contributed by atoms with Crippen molar-refractivity contribution in [2.45, 2.75) is 25.1 Å². The maximum atomic E-state index is 12.8. The Morgan fingerprint density at radius 3 is 2.37 bits per heavy atom. The van der Waals surface area contributed by atoms with Gasteiger partial charge in [-0.2, -0.15) is 18.3 Å². The molecule has 1 saturated heterocycles. The molecule has 1 aliphatic heterocycles. The van der Waals surface area contributed by atoms with E-state index in [0.717, 1.165) is 25.9 Å². The lowest BCUT2D eigenvalue weighted by molar-refractivity contribution is -0.142. The Kier molecular flexibility index (Phi) is 4.10. The third-order valence-corrected chi connectivity index (χ3v) is 4.02. The van der Waals surface area contributed by atoms with Crippen LogP contribution in [0.3, 0.4) is 0 Å². The molecule has 19 heavy (non-hydrogen) atoms. The van der Waals surface area contributed by atoms with E-state index in [0.29, 0.717) is 0 Å². The van der Waals surface area contributed by atoms with Gasteiger partial charge in [0, 0.05) is 0 Å². The van der Waals surface area contributed by atoms with E-state index in [4.69, 9.17) is 4.74 Å². The molecule has 8 heteroatoms. The first kappa shape index (κ1) is 14.6. The molecule has 0 aliphatic carbocycles. The van der Waals surface area contributed by atoms with E-state index in [-0.39, 0.29) is 16.4 Å². The summed E-state index contributed by atoms with van der Waals surface area (Å²) in [4.78, 5) is 2.15. The van der Waals surface area contributed by atoms with Crippen LogP contribution in [-0.4, -0.2) is 41.9 Å². The highest BCUT2D eigenvalue weighted by molar-refractivity contribution is 9.10. The van der Waals surface area contributed by atoms with Gasteiger partial charge in [-0.05, 0) is 48.9 Å². The zero-order valence-corrected chi connectivity index (χ0v) is 12.3. The van der Waals surface area contributed by atoms with E-state index < -0.39 is 11.9 Å². The summed E-state index contributed by atoms with van der Waals surface area (Å²) in [5, 5.41) is 3.70. The normalized spacial score (nSPS) is 18.8. The van der Waals surface area contributed by atoms with E-state index >= 15 is 0 Å². The van der Waals surface area contributed by atoms with Crippen molar-refractivity contribution in [2.75, 3.05) is 27.2 Å². The van der Waals surface area contributed by atoms with Gasteiger partial charge in [0.2, 0.25) is 5.88 Å². The standard InChI is InChI=1S/C11H15BrF3N3O/c1-17-5-3-7(4-6-17)18-10(19-2)8(12)9(16-18)11(13,14)15/h7H,3-6H2,1-2H3. The lowest BCUT2D eigenvalue weighted by atomic mass is 10.1. The van der Waals surface area contributed by atoms with E-state index in [9.17, 15) is 13.2 Å². The number of halogens is 4. The number of nitrogens with zero attached hydrogens (tertiary/aromatic N) is 3. The van der Waals surface area contributed by atoms with Crippen molar-refractivity contribution in [1.29, 1.82) is 0 Å². The number of alkyl halides is 3. The van der Waals surface area contributed by atoms with Crippen LogP contribution < -0.4 is 4.74 Å². The van der Waals surface area contributed by atoms with Crippen LogP contribution in [0.1, 0.15) is 24.6 Å². The fraction of sp³-hybridized carbons (Fsp3) is 0.727. The number of methoxy groups -OCH3 is 1. The minimum Gasteiger partial charge on any atom is -0.480 e. The van der Waals surface area contributed by atoms with Crippen LogP contribution in [0, 0.1) is 0 Å². The van der Waals surface area contributed by atoms with Gasteiger partial charge in [0.15, 0.2) is 5.69 Å². The van der Waals surface area contributed by atoms with E-state index in [2.05, 4.69) is 25.9 Å². The molecule has 0 amide bonds. The van der Waals surface area contributed by atoms with Crippen molar-refractivity contribution in [2.24, 2.45) is 0 Å². The second kappa shape index (κ2) is 5.32. The monoisotopic (exact) mass is 341 g/mol. The predicted molar refractivity (Wildman–Crippen MR) is 67.2 cm³/mol. The number of piperidine rings is 1. The van der Waals surface area contributed by atoms with Gasteiger partial charge in [0.25, 0.3) is 0 Å². The summed E-state index contributed by atoms with van der Waals surface area (Å²) < 4.78 is 44.8. The summed E-state index contributed by atoms with van der Waals surface area (Å²) in [6.45, 7) is 1.68. The summed E-state index contributed by atoms with van der Waals surface area (Å²) in [5.41, 5.74) is -0.928. The third-order valence-electron chi connectivity index (χ3n) is 3.31. The van der Waals surface area contributed by atoms with Gasteiger partial charge < -0.3 is 9.64 Å². The van der Waals surface area contributed by atoms with Crippen molar-refractivity contribution >= 4 is 15.9 Å². The van der Waals surface area contributed by atoms with Gasteiger partial charge >= 0.3 is 6.18 Å². The average molecular weight is 342 g/mol. The van der Waals surface area contributed by atoms with Crippen LogP contribution in [0.15, 0.2) is 4.47 Å². The highest BCUT2D eigenvalue weighted by Gasteiger charge is 2.40. The van der Waals surface area contributed by atoms with Gasteiger partial charge in [-0.1, -0.05) is 0 Å². The van der Waals surface area contributed by atoms with Crippen LogP contribution in [0.2, 0.25) is 0 Å². The van der Waals surface area contributed by atoms with Gasteiger partial charge in [0.05, 0.1) is 13.2 Å². The first-order valence-corrected chi connectivity index (χ1v) is 6.71. The Balaban J connectivity index is 2.35.